The number of morpholine rings is 1. The van der Waals surface area contributed by atoms with Crippen LogP contribution in [0.3, 0.4) is 0 Å². The molecule has 0 spiro atoms. The van der Waals surface area contributed by atoms with Crippen LogP contribution in [0.25, 0.3) is 0 Å². The van der Waals surface area contributed by atoms with Gasteiger partial charge in [-0.05, 0) is 18.9 Å². The Labute approximate surface area is 116 Å². The van der Waals surface area contributed by atoms with Crippen molar-refractivity contribution in [1.29, 1.82) is 0 Å². The highest BCUT2D eigenvalue weighted by Crippen LogP contribution is 2.26. The average molecular weight is 263 g/mol. The van der Waals surface area contributed by atoms with Crippen LogP contribution in [-0.2, 0) is 11.3 Å². The zero-order valence-corrected chi connectivity index (χ0v) is 12.0. The lowest BCUT2D eigenvalue weighted by Gasteiger charge is -2.45. The summed E-state index contributed by atoms with van der Waals surface area (Å²) in [5.41, 5.74) is 1.13. The lowest BCUT2D eigenvalue weighted by atomic mass is 9.97. The molecule has 2 rings (SSSR count). The minimum Gasteiger partial charge on any atom is -0.396 e. The number of aliphatic hydroxyl groups is 1. The molecule has 1 aromatic rings. The topological polar surface area (TPSA) is 32.7 Å². The summed E-state index contributed by atoms with van der Waals surface area (Å²) >= 11 is 0. The predicted octanol–water partition coefficient (Wildman–Crippen LogP) is 2.44. The molecule has 1 aromatic carbocycles. The number of hydrogen-bond acceptors (Lipinski definition) is 3. The molecule has 1 aliphatic heterocycles. The maximum atomic E-state index is 9.18. The molecule has 1 N–H and O–H groups in total. The van der Waals surface area contributed by atoms with Crippen molar-refractivity contribution in [1.82, 2.24) is 4.90 Å². The van der Waals surface area contributed by atoms with Gasteiger partial charge in [-0.25, -0.2) is 0 Å². The maximum absolute atomic E-state index is 9.18. The van der Waals surface area contributed by atoms with Crippen LogP contribution in [-0.4, -0.2) is 41.4 Å². The number of nitrogens with zero attached hydrogens (tertiary/aromatic N) is 1. The van der Waals surface area contributed by atoms with Crippen LogP contribution in [0.2, 0.25) is 0 Å². The zero-order valence-electron chi connectivity index (χ0n) is 12.0. The van der Waals surface area contributed by atoms with Gasteiger partial charge in [-0.2, -0.15) is 0 Å². The van der Waals surface area contributed by atoms with Gasteiger partial charge >= 0.3 is 0 Å². The monoisotopic (exact) mass is 263 g/mol. The van der Waals surface area contributed by atoms with Crippen LogP contribution >= 0.6 is 0 Å². The van der Waals surface area contributed by atoms with Crippen LogP contribution in [0.1, 0.15) is 32.3 Å². The molecular formula is C16H25NO2. The average Bonchev–Trinajstić information content (AvgIpc) is 2.40. The van der Waals surface area contributed by atoms with Gasteiger partial charge in [0, 0.05) is 32.2 Å². The summed E-state index contributed by atoms with van der Waals surface area (Å²) in [5, 5.41) is 9.18. The minimum atomic E-state index is -0.213. The fourth-order valence-electron chi connectivity index (χ4n) is 2.77. The number of rotatable bonds is 5. The number of ether oxygens (including phenoxy) is 1. The van der Waals surface area contributed by atoms with Gasteiger partial charge in [0.15, 0.2) is 0 Å². The number of aliphatic hydroxyl groups excluding tert-OH is 1. The van der Waals surface area contributed by atoms with Gasteiger partial charge in [0.2, 0.25) is 0 Å². The van der Waals surface area contributed by atoms with Crippen molar-refractivity contribution < 1.29 is 9.84 Å². The smallest absolute Gasteiger partial charge is 0.0803 e. The summed E-state index contributed by atoms with van der Waals surface area (Å²) < 4.78 is 5.98. The van der Waals surface area contributed by atoms with E-state index in [9.17, 15) is 5.11 Å². The van der Waals surface area contributed by atoms with Crippen molar-refractivity contribution in [3.05, 3.63) is 35.9 Å². The van der Waals surface area contributed by atoms with Gasteiger partial charge in [-0.15, -0.1) is 0 Å². The highest BCUT2D eigenvalue weighted by atomic mass is 16.5. The molecule has 0 aromatic heterocycles. The zero-order chi connectivity index (χ0) is 13.7. The van der Waals surface area contributed by atoms with E-state index in [1.165, 1.54) is 5.56 Å². The Kier molecular flexibility index (Phi) is 4.97. The first-order chi connectivity index (χ1) is 9.17. The third-order valence-electron chi connectivity index (χ3n) is 4.02. The van der Waals surface area contributed by atoms with Crippen LogP contribution in [0.4, 0.5) is 0 Å². The summed E-state index contributed by atoms with van der Waals surface area (Å²) in [6, 6.07) is 11.0. The molecule has 0 radical (unpaired) electrons. The molecule has 1 fully saturated rings. The molecule has 19 heavy (non-hydrogen) atoms. The van der Waals surface area contributed by atoms with Gasteiger partial charge in [0.05, 0.1) is 12.2 Å². The van der Waals surface area contributed by atoms with Gasteiger partial charge in [-0.3, -0.25) is 4.90 Å². The Morgan fingerprint density at radius 1 is 1.37 bits per heavy atom. The van der Waals surface area contributed by atoms with Crippen LogP contribution in [0.5, 0.6) is 0 Å². The fourth-order valence-corrected chi connectivity index (χ4v) is 2.77. The van der Waals surface area contributed by atoms with Gasteiger partial charge < -0.3 is 9.84 Å². The van der Waals surface area contributed by atoms with E-state index in [2.05, 4.69) is 49.1 Å². The van der Waals surface area contributed by atoms with Crippen LogP contribution < -0.4 is 0 Å². The van der Waals surface area contributed by atoms with E-state index in [-0.39, 0.29) is 12.2 Å². The van der Waals surface area contributed by atoms with Gasteiger partial charge in [-0.1, -0.05) is 37.3 Å². The Morgan fingerprint density at radius 3 is 2.74 bits per heavy atom. The van der Waals surface area contributed by atoms with Gasteiger partial charge in [0.1, 0.15) is 0 Å². The SMILES string of the molecule is CCC1COC(C)(CCO)CN1Cc1ccccc1. The van der Waals surface area contributed by atoms with Crippen molar-refractivity contribution in [2.75, 3.05) is 19.8 Å². The van der Waals surface area contributed by atoms with E-state index in [0.717, 1.165) is 26.1 Å². The van der Waals surface area contributed by atoms with E-state index in [0.29, 0.717) is 12.5 Å². The molecule has 1 aliphatic rings. The van der Waals surface area contributed by atoms with Crippen molar-refractivity contribution in [3.8, 4) is 0 Å². The second-order valence-electron chi connectivity index (χ2n) is 5.69. The van der Waals surface area contributed by atoms with E-state index in [1.54, 1.807) is 0 Å². The van der Waals surface area contributed by atoms with Crippen molar-refractivity contribution in [2.45, 2.75) is 44.9 Å². The van der Waals surface area contributed by atoms with Crippen LogP contribution in [0.15, 0.2) is 30.3 Å². The molecule has 0 saturated carbocycles. The normalized spacial score (nSPS) is 28.5. The lowest BCUT2D eigenvalue weighted by molar-refractivity contribution is -0.135. The molecule has 1 heterocycles. The molecule has 0 amide bonds. The second-order valence-corrected chi connectivity index (χ2v) is 5.69. The molecular weight excluding hydrogens is 238 g/mol. The summed E-state index contributed by atoms with van der Waals surface area (Å²) in [5.74, 6) is 0. The first-order valence-electron chi connectivity index (χ1n) is 7.19. The van der Waals surface area contributed by atoms with Crippen LogP contribution in [0, 0.1) is 0 Å². The molecule has 1 saturated heterocycles. The highest BCUT2D eigenvalue weighted by Gasteiger charge is 2.35. The molecule has 3 nitrogen and oxygen atoms in total. The summed E-state index contributed by atoms with van der Waals surface area (Å²) in [4.78, 5) is 2.49. The quantitative estimate of drug-likeness (QED) is 0.885. The van der Waals surface area contributed by atoms with Gasteiger partial charge in [0.25, 0.3) is 0 Å². The lowest BCUT2D eigenvalue weighted by Crippen LogP contribution is -2.55. The fraction of sp³-hybridized carbons (Fsp3) is 0.625. The van der Waals surface area contributed by atoms with E-state index < -0.39 is 0 Å². The molecule has 3 heteroatoms. The predicted molar refractivity (Wildman–Crippen MR) is 77.0 cm³/mol. The molecule has 2 unspecified atom stereocenters. The third kappa shape index (κ3) is 3.78. The van der Waals surface area contributed by atoms with Crippen molar-refractivity contribution >= 4 is 0 Å². The first kappa shape index (κ1) is 14.5. The minimum absolute atomic E-state index is 0.187. The Balaban J connectivity index is 2.06. The number of hydrogen-bond donors (Lipinski definition) is 1. The highest BCUT2D eigenvalue weighted by molar-refractivity contribution is 5.15. The van der Waals surface area contributed by atoms with E-state index in [4.69, 9.17) is 4.74 Å². The Hall–Kier alpha value is -0.900. The molecule has 2 atom stereocenters. The van der Waals surface area contributed by atoms with E-state index >= 15 is 0 Å². The Bertz CT molecular complexity index is 382. The molecule has 106 valence electrons. The summed E-state index contributed by atoms with van der Waals surface area (Å²) in [7, 11) is 0. The van der Waals surface area contributed by atoms with Crippen molar-refractivity contribution in [2.24, 2.45) is 0 Å². The number of benzene rings is 1. The molecule has 0 bridgehead atoms. The molecule has 0 aliphatic carbocycles. The first-order valence-corrected chi connectivity index (χ1v) is 7.19. The third-order valence-corrected chi connectivity index (χ3v) is 4.02. The second kappa shape index (κ2) is 6.51. The standard InChI is InChI=1S/C16H25NO2/c1-3-15-12-19-16(2,9-10-18)13-17(15)11-14-7-5-4-6-8-14/h4-8,15,18H,3,9-13H2,1-2H3. The van der Waals surface area contributed by atoms with E-state index in [1.807, 2.05) is 0 Å². The Morgan fingerprint density at radius 2 is 2.11 bits per heavy atom. The maximum Gasteiger partial charge on any atom is 0.0803 e. The largest absolute Gasteiger partial charge is 0.396 e. The summed E-state index contributed by atoms with van der Waals surface area (Å²) in [6.45, 7) is 7.12. The summed E-state index contributed by atoms with van der Waals surface area (Å²) in [6.07, 6.45) is 1.80. The van der Waals surface area contributed by atoms with Crippen molar-refractivity contribution in [3.63, 3.8) is 0 Å².